The van der Waals surface area contributed by atoms with Gasteiger partial charge >= 0.3 is 0 Å². The molecule has 1 aliphatic carbocycles. The van der Waals surface area contributed by atoms with E-state index in [1.165, 1.54) is 25.7 Å². The van der Waals surface area contributed by atoms with Crippen LogP contribution in [0.4, 0.5) is 0 Å². The van der Waals surface area contributed by atoms with Crippen molar-refractivity contribution in [2.24, 2.45) is 23.3 Å². The van der Waals surface area contributed by atoms with E-state index in [1.807, 2.05) is 24.3 Å². The van der Waals surface area contributed by atoms with Crippen LogP contribution in [0.3, 0.4) is 0 Å². The Morgan fingerprint density at radius 3 is 2.17 bits per heavy atom. The first kappa shape index (κ1) is 32.2. The van der Waals surface area contributed by atoms with Crippen molar-refractivity contribution in [1.29, 1.82) is 0 Å². The van der Waals surface area contributed by atoms with Crippen molar-refractivity contribution in [3.05, 3.63) is 53.6 Å². The lowest BCUT2D eigenvalue weighted by Crippen LogP contribution is -2.32. The molecule has 0 saturated heterocycles. The molecule has 8 heteroatoms. The normalized spacial score (nSPS) is 17.0. The van der Waals surface area contributed by atoms with Gasteiger partial charge in [0.15, 0.2) is 6.10 Å². The summed E-state index contributed by atoms with van der Waals surface area (Å²) in [5, 5.41) is 32.2. The minimum atomic E-state index is -1.30. The van der Waals surface area contributed by atoms with Crippen molar-refractivity contribution in [2.45, 2.75) is 89.6 Å². The molecule has 3 rings (SSSR count). The molecule has 2 aromatic carbocycles. The summed E-state index contributed by atoms with van der Waals surface area (Å²) in [5.41, 5.74) is 12.6. The molecule has 0 spiro atoms. The lowest BCUT2D eigenvalue weighted by atomic mass is 9.99. The van der Waals surface area contributed by atoms with E-state index in [1.54, 1.807) is 18.2 Å². The Morgan fingerprint density at radius 2 is 1.52 bits per heavy atom. The fraction of sp³-hybridized carbons (Fsp3) is 0.625. The van der Waals surface area contributed by atoms with Gasteiger partial charge in [0.25, 0.3) is 0 Å². The van der Waals surface area contributed by atoms with Crippen molar-refractivity contribution in [3.8, 4) is 17.2 Å². The zero-order chi connectivity index (χ0) is 28.9. The van der Waals surface area contributed by atoms with Gasteiger partial charge in [0.1, 0.15) is 29.5 Å². The summed E-state index contributed by atoms with van der Waals surface area (Å²) in [6.07, 6.45) is 4.87. The predicted octanol–water partition coefficient (Wildman–Crippen LogP) is 4.64. The molecule has 224 valence electrons. The SMILES string of the molecule is CCCC(CCC)COc1ccc(O[C@@H](c2cccc(OCC3CCCC3)c2)[C@H](O)CN)c([C@H](O)[C@H](O)CN)c1. The van der Waals surface area contributed by atoms with Crippen LogP contribution < -0.4 is 25.7 Å². The van der Waals surface area contributed by atoms with Gasteiger partial charge in [0, 0.05) is 18.7 Å². The number of benzene rings is 2. The van der Waals surface area contributed by atoms with Gasteiger partial charge in [-0.05, 0) is 73.4 Å². The van der Waals surface area contributed by atoms with Crippen LogP contribution in [0.15, 0.2) is 42.5 Å². The van der Waals surface area contributed by atoms with Crippen LogP contribution in [0.5, 0.6) is 17.2 Å². The zero-order valence-electron chi connectivity index (χ0n) is 24.2. The van der Waals surface area contributed by atoms with Crippen molar-refractivity contribution in [2.75, 3.05) is 26.3 Å². The van der Waals surface area contributed by atoms with Crippen LogP contribution in [-0.4, -0.2) is 53.8 Å². The van der Waals surface area contributed by atoms with Crippen LogP contribution in [0.2, 0.25) is 0 Å². The summed E-state index contributed by atoms with van der Waals surface area (Å²) in [6, 6.07) is 12.6. The van der Waals surface area contributed by atoms with E-state index in [0.29, 0.717) is 53.4 Å². The molecule has 1 aliphatic rings. The molecule has 0 aromatic heterocycles. The zero-order valence-corrected chi connectivity index (χ0v) is 24.2. The van der Waals surface area contributed by atoms with Gasteiger partial charge in [0.05, 0.1) is 19.3 Å². The molecular formula is C32H50N2O6. The number of hydrogen-bond donors (Lipinski definition) is 5. The topological polar surface area (TPSA) is 140 Å². The number of aliphatic hydroxyl groups is 3. The average molecular weight is 559 g/mol. The van der Waals surface area contributed by atoms with E-state index in [9.17, 15) is 15.3 Å². The van der Waals surface area contributed by atoms with Gasteiger partial charge in [-0.25, -0.2) is 0 Å². The van der Waals surface area contributed by atoms with Crippen molar-refractivity contribution in [3.63, 3.8) is 0 Å². The molecule has 7 N–H and O–H groups in total. The highest BCUT2D eigenvalue weighted by atomic mass is 16.5. The van der Waals surface area contributed by atoms with Crippen LogP contribution in [0.1, 0.15) is 88.5 Å². The second kappa shape index (κ2) is 16.8. The van der Waals surface area contributed by atoms with E-state index in [0.717, 1.165) is 25.7 Å². The second-order valence-electron chi connectivity index (χ2n) is 11.1. The molecular weight excluding hydrogens is 508 g/mol. The van der Waals surface area contributed by atoms with Gasteiger partial charge in [-0.1, -0.05) is 51.7 Å². The van der Waals surface area contributed by atoms with E-state index < -0.39 is 24.4 Å². The minimum Gasteiger partial charge on any atom is -0.493 e. The molecule has 2 aromatic rings. The molecule has 0 amide bonds. The largest absolute Gasteiger partial charge is 0.493 e. The van der Waals surface area contributed by atoms with Gasteiger partial charge < -0.3 is 41.0 Å². The first-order valence-electron chi connectivity index (χ1n) is 15.0. The van der Waals surface area contributed by atoms with Gasteiger partial charge in [-0.3, -0.25) is 0 Å². The Kier molecular flexibility index (Phi) is 13.5. The molecule has 0 aliphatic heterocycles. The highest BCUT2D eigenvalue weighted by Crippen LogP contribution is 2.36. The summed E-state index contributed by atoms with van der Waals surface area (Å²) in [6.45, 7) is 5.41. The number of ether oxygens (including phenoxy) is 3. The van der Waals surface area contributed by atoms with E-state index in [2.05, 4.69) is 13.8 Å². The molecule has 0 bridgehead atoms. The summed E-state index contributed by atoms with van der Waals surface area (Å²) in [7, 11) is 0. The Morgan fingerprint density at radius 1 is 0.850 bits per heavy atom. The maximum Gasteiger partial charge on any atom is 0.151 e. The van der Waals surface area contributed by atoms with E-state index >= 15 is 0 Å². The van der Waals surface area contributed by atoms with Crippen molar-refractivity contribution in [1.82, 2.24) is 0 Å². The quantitative estimate of drug-likeness (QED) is 0.178. The Hall–Kier alpha value is -2.36. The molecule has 4 atom stereocenters. The lowest BCUT2D eigenvalue weighted by Gasteiger charge is -2.27. The summed E-state index contributed by atoms with van der Waals surface area (Å²) >= 11 is 0. The Bertz CT molecular complexity index is 993. The fourth-order valence-corrected chi connectivity index (χ4v) is 5.43. The smallest absolute Gasteiger partial charge is 0.151 e. The first-order valence-corrected chi connectivity index (χ1v) is 15.0. The van der Waals surface area contributed by atoms with Crippen LogP contribution in [-0.2, 0) is 0 Å². The summed E-state index contributed by atoms with van der Waals surface area (Å²) in [5.74, 6) is 2.60. The second-order valence-corrected chi connectivity index (χ2v) is 11.1. The van der Waals surface area contributed by atoms with Crippen LogP contribution in [0.25, 0.3) is 0 Å². The van der Waals surface area contributed by atoms with Crippen molar-refractivity contribution >= 4 is 0 Å². The maximum absolute atomic E-state index is 11.0. The molecule has 0 unspecified atom stereocenters. The number of rotatable bonds is 18. The Labute approximate surface area is 239 Å². The average Bonchev–Trinajstić information content (AvgIpc) is 3.51. The number of hydrogen-bond acceptors (Lipinski definition) is 8. The van der Waals surface area contributed by atoms with Gasteiger partial charge in [-0.15, -0.1) is 0 Å². The maximum atomic E-state index is 11.0. The monoisotopic (exact) mass is 558 g/mol. The minimum absolute atomic E-state index is 0.0292. The number of nitrogens with two attached hydrogens (primary N) is 2. The molecule has 1 fully saturated rings. The molecule has 0 heterocycles. The van der Waals surface area contributed by atoms with Crippen LogP contribution in [0, 0.1) is 11.8 Å². The predicted molar refractivity (Wildman–Crippen MR) is 158 cm³/mol. The highest BCUT2D eigenvalue weighted by Gasteiger charge is 2.28. The standard InChI is InChI=1S/C32H50N2O6/c1-3-8-22(9-4-2)20-39-26-14-15-30(27(17-26)31(37)28(35)18-33)40-32(29(36)19-34)24-12-7-13-25(16-24)38-21-23-10-5-6-11-23/h7,12-17,22-23,28-29,31-32,35-37H,3-6,8-11,18-21,33-34H2,1-2H3/t28-,29-,31+,32+/m1/s1. The summed E-state index contributed by atoms with van der Waals surface area (Å²) < 4.78 is 18.5. The lowest BCUT2D eigenvalue weighted by molar-refractivity contribution is 0.0145. The molecule has 8 nitrogen and oxygen atoms in total. The molecule has 0 radical (unpaired) electrons. The summed E-state index contributed by atoms with van der Waals surface area (Å²) in [4.78, 5) is 0. The Balaban J connectivity index is 1.85. The highest BCUT2D eigenvalue weighted by molar-refractivity contribution is 5.43. The first-order chi connectivity index (χ1) is 19.4. The number of aliphatic hydroxyl groups excluding tert-OH is 3. The third-order valence-electron chi connectivity index (χ3n) is 7.78. The third kappa shape index (κ3) is 9.35. The third-order valence-corrected chi connectivity index (χ3v) is 7.78. The van der Waals surface area contributed by atoms with Gasteiger partial charge in [-0.2, -0.15) is 0 Å². The fourth-order valence-electron chi connectivity index (χ4n) is 5.43. The van der Waals surface area contributed by atoms with Gasteiger partial charge in [0.2, 0.25) is 0 Å². The van der Waals surface area contributed by atoms with E-state index in [4.69, 9.17) is 25.7 Å². The van der Waals surface area contributed by atoms with Crippen molar-refractivity contribution < 1.29 is 29.5 Å². The molecule has 1 saturated carbocycles. The van der Waals surface area contributed by atoms with E-state index in [-0.39, 0.29) is 13.1 Å². The van der Waals surface area contributed by atoms with Crippen LogP contribution >= 0.6 is 0 Å². The molecule has 40 heavy (non-hydrogen) atoms.